The molecule has 9 heteroatoms. The first kappa shape index (κ1) is 23.9. The predicted molar refractivity (Wildman–Crippen MR) is 135 cm³/mol. The summed E-state index contributed by atoms with van der Waals surface area (Å²) >= 11 is 12.6. The van der Waals surface area contributed by atoms with Crippen LogP contribution in [0.2, 0.25) is 10.0 Å². The van der Waals surface area contributed by atoms with Crippen molar-refractivity contribution in [2.75, 3.05) is 11.9 Å². The van der Waals surface area contributed by atoms with Crippen LogP contribution in [0, 0.1) is 0 Å². The van der Waals surface area contributed by atoms with Gasteiger partial charge >= 0.3 is 0 Å². The highest BCUT2D eigenvalue weighted by Crippen LogP contribution is 2.32. The summed E-state index contributed by atoms with van der Waals surface area (Å²) in [5, 5.41) is 3.26. The molecule has 1 fully saturated rings. The van der Waals surface area contributed by atoms with Crippen molar-refractivity contribution < 1.29 is 19.1 Å². The van der Waals surface area contributed by atoms with Crippen molar-refractivity contribution in [1.29, 1.82) is 0 Å². The van der Waals surface area contributed by atoms with Crippen molar-refractivity contribution in [3.63, 3.8) is 0 Å². The van der Waals surface area contributed by atoms with Crippen LogP contribution in [-0.2, 0) is 16.2 Å². The van der Waals surface area contributed by atoms with Crippen LogP contribution < -0.4 is 10.1 Å². The van der Waals surface area contributed by atoms with E-state index in [1.165, 1.54) is 0 Å². The van der Waals surface area contributed by atoms with E-state index in [4.69, 9.17) is 27.9 Å². The van der Waals surface area contributed by atoms with E-state index in [2.05, 4.69) is 5.32 Å². The largest absolute Gasteiger partial charge is 0.489 e. The van der Waals surface area contributed by atoms with Crippen LogP contribution in [0.15, 0.2) is 77.7 Å². The average molecular weight is 513 g/mol. The van der Waals surface area contributed by atoms with Crippen molar-refractivity contribution in [1.82, 2.24) is 4.90 Å². The summed E-state index contributed by atoms with van der Waals surface area (Å²) in [7, 11) is 0. The molecule has 1 N–H and O–H groups in total. The maximum atomic E-state index is 12.7. The highest BCUT2D eigenvalue weighted by molar-refractivity contribution is 8.18. The number of thioether (sulfide) groups is 1. The molecule has 0 aromatic heterocycles. The fourth-order valence-corrected chi connectivity index (χ4v) is 4.26. The molecule has 4 rings (SSSR count). The molecule has 0 atom stereocenters. The number of halogens is 2. The van der Waals surface area contributed by atoms with Gasteiger partial charge in [-0.15, -0.1) is 0 Å². The van der Waals surface area contributed by atoms with Crippen LogP contribution in [0.4, 0.5) is 10.5 Å². The normalized spacial score (nSPS) is 14.5. The highest BCUT2D eigenvalue weighted by Gasteiger charge is 2.36. The van der Waals surface area contributed by atoms with Gasteiger partial charge in [0.05, 0.1) is 4.91 Å². The number of nitrogens with one attached hydrogen (secondary N) is 1. The van der Waals surface area contributed by atoms with E-state index in [0.29, 0.717) is 28.1 Å². The molecule has 172 valence electrons. The Morgan fingerprint density at radius 3 is 2.41 bits per heavy atom. The predicted octanol–water partition coefficient (Wildman–Crippen LogP) is 6.25. The van der Waals surface area contributed by atoms with Gasteiger partial charge in [-0.25, -0.2) is 0 Å². The van der Waals surface area contributed by atoms with Gasteiger partial charge in [0.25, 0.3) is 11.1 Å². The number of imide groups is 1. The summed E-state index contributed by atoms with van der Waals surface area (Å²) < 4.78 is 5.76. The van der Waals surface area contributed by atoms with E-state index >= 15 is 0 Å². The summed E-state index contributed by atoms with van der Waals surface area (Å²) in [6.45, 7) is 0.0126. The fourth-order valence-electron chi connectivity index (χ4n) is 3.11. The Balaban J connectivity index is 1.35. The Hall–Kier alpha value is -3.26. The van der Waals surface area contributed by atoms with Crippen LogP contribution in [0.1, 0.15) is 11.1 Å². The molecule has 0 unspecified atom stereocenters. The van der Waals surface area contributed by atoms with Crippen molar-refractivity contribution in [3.05, 3.63) is 98.9 Å². The number of rotatable bonds is 7. The minimum Gasteiger partial charge on any atom is -0.489 e. The Bertz CT molecular complexity index is 1260. The Morgan fingerprint density at radius 2 is 1.71 bits per heavy atom. The van der Waals surface area contributed by atoms with Crippen LogP contribution in [0.5, 0.6) is 5.75 Å². The number of amides is 3. The minimum atomic E-state index is -0.515. The SMILES string of the molecule is O=C(CN1C(=O)S/C(=C/c2ccc(OCc3ccc(Cl)cc3)cc2)C1=O)Nc1cccc(Cl)c1. The molecule has 3 aromatic carbocycles. The van der Waals surface area contributed by atoms with Gasteiger partial charge < -0.3 is 10.1 Å². The third-order valence-corrected chi connectivity index (χ3v) is 6.17. The molecule has 1 aliphatic heterocycles. The fraction of sp³-hybridized carbons (Fsp3) is 0.0800. The Labute approximate surface area is 210 Å². The molecule has 0 saturated carbocycles. The Kier molecular flexibility index (Phi) is 7.57. The molecule has 0 spiro atoms. The van der Waals surface area contributed by atoms with Crippen LogP contribution in [-0.4, -0.2) is 28.5 Å². The van der Waals surface area contributed by atoms with E-state index in [1.807, 2.05) is 12.1 Å². The lowest BCUT2D eigenvalue weighted by atomic mass is 10.2. The van der Waals surface area contributed by atoms with E-state index in [-0.39, 0.29) is 11.4 Å². The number of ether oxygens (including phenoxy) is 1. The topological polar surface area (TPSA) is 75.7 Å². The van der Waals surface area contributed by atoms with Crippen molar-refractivity contribution in [2.45, 2.75) is 6.61 Å². The second-order valence-electron chi connectivity index (χ2n) is 7.31. The quantitative estimate of drug-likeness (QED) is 0.378. The van der Waals surface area contributed by atoms with E-state index in [1.54, 1.807) is 66.7 Å². The third kappa shape index (κ3) is 6.20. The summed E-state index contributed by atoms with van der Waals surface area (Å²) in [4.78, 5) is 38.5. The van der Waals surface area contributed by atoms with Crippen molar-refractivity contribution >= 4 is 63.8 Å². The number of hydrogen-bond acceptors (Lipinski definition) is 5. The van der Waals surface area contributed by atoms with Gasteiger partial charge in [-0.1, -0.05) is 53.5 Å². The molecule has 0 radical (unpaired) electrons. The van der Waals surface area contributed by atoms with Crippen molar-refractivity contribution in [2.24, 2.45) is 0 Å². The lowest BCUT2D eigenvalue weighted by Gasteiger charge is -2.12. The molecule has 34 heavy (non-hydrogen) atoms. The number of nitrogens with zero attached hydrogens (tertiary/aromatic N) is 1. The second kappa shape index (κ2) is 10.8. The molecular weight excluding hydrogens is 495 g/mol. The molecule has 1 heterocycles. The minimum absolute atomic E-state index is 0.246. The standard InChI is InChI=1S/C25H18Cl2N2O4S/c26-18-8-4-17(5-9-18)15-33-21-10-6-16(7-11-21)12-22-24(31)29(25(32)34-22)14-23(30)28-20-3-1-2-19(27)13-20/h1-13H,14-15H2,(H,28,30)/b22-12+. The van der Waals surface area contributed by atoms with Crippen LogP contribution in [0.25, 0.3) is 6.08 Å². The molecule has 1 aliphatic rings. The lowest BCUT2D eigenvalue weighted by molar-refractivity contribution is -0.127. The van der Waals surface area contributed by atoms with Crippen LogP contribution >= 0.6 is 35.0 Å². The van der Waals surface area contributed by atoms with Gasteiger partial charge in [-0.3, -0.25) is 19.3 Å². The smallest absolute Gasteiger partial charge is 0.294 e. The first-order valence-corrected chi connectivity index (χ1v) is 11.7. The molecular formula is C25H18Cl2N2O4S. The van der Waals surface area contributed by atoms with Gasteiger partial charge in [0.2, 0.25) is 5.91 Å². The van der Waals surface area contributed by atoms with E-state index in [9.17, 15) is 14.4 Å². The highest BCUT2D eigenvalue weighted by atomic mass is 35.5. The molecule has 0 bridgehead atoms. The number of carbonyl (C=O) groups excluding carboxylic acids is 3. The summed E-state index contributed by atoms with van der Waals surface area (Å²) in [6.07, 6.45) is 1.61. The van der Waals surface area contributed by atoms with Gasteiger partial charge in [0, 0.05) is 15.7 Å². The zero-order chi connectivity index (χ0) is 24.1. The number of carbonyl (C=O) groups is 3. The Morgan fingerprint density at radius 1 is 0.971 bits per heavy atom. The lowest BCUT2D eigenvalue weighted by Crippen LogP contribution is -2.36. The number of benzene rings is 3. The molecule has 3 amide bonds. The summed E-state index contributed by atoms with van der Waals surface area (Å²) in [5.74, 6) is -0.342. The van der Waals surface area contributed by atoms with E-state index < -0.39 is 17.1 Å². The first-order valence-electron chi connectivity index (χ1n) is 10.2. The maximum absolute atomic E-state index is 12.7. The average Bonchev–Trinajstić information content (AvgIpc) is 3.07. The zero-order valence-corrected chi connectivity index (χ0v) is 20.0. The van der Waals surface area contributed by atoms with E-state index in [0.717, 1.165) is 27.8 Å². The maximum Gasteiger partial charge on any atom is 0.294 e. The van der Waals surface area contributed by atoms with Gasteiger partial charge in [-0.05, 0) is 71.4 Å². The number of hydrogen-bond donors (Lipinski definition) is 1. The first-order chi connectivity index (χ1) is 16.4. The van der Waals surface area contributed by atoms with Crippen molar-refractivity contribution in [3.8, 4) is 5.75 Å². The summed E-state index contributed by atoms with van der Waals surface area (Å²) in [5.41, 5.74) is 2.20. The zero-order valence-electron chi connectivity index (χ0n) is 17.7. The molecule has 6 nitrogen and oxygen atoms in total. The van der Waals surface area contributed by atoms with Gasteiger partial charge in [0.15, 0.2) is 0 Å². The third-order valence-electron chi connectivity index (χ3n) is 4.78. The van der Waals surface area contributed by atoms with Gasteiger partial charge in [0.1, 0.15) is 18.9 Å². The number of anilines is 1. The van der Waals surface area contributed by atoms with Crippen LogP contribution in [0.3, 0.4) is 0 Å². The monoisotopic (exact) mass is 512 g/mol. The molecule has 0 aliphatic carbocycles. The molecule has 3 aromatic rings. The summed E-state index contributed by atoms with van der Waals surface area (Å²) in [6, 6.07) is 21.1. The second-order valence-corrected chi connectivity index (χ2v) is 9.18. The van der Waals surface area contributed by atoms with Gasteiger partial charge in [-0.2, -0.15) is 0 Å². The molecule has 1 saturated heterocycles.